The first-order chi connectivity index (χ1) is 7.42. The molecule has 3 nitrogen and oxygen atoms in total. The monoisotopic (exact) mass is 199 g/mol. The lowest BCUT2D eigenvalue weighted by Gasteiger charge is -2.10. The van der Waals surface area contributed by atoms with E-state index in [1.807, 2.05) is 24.3 Å². The third kappa shape index (κ3) is 2.16. The van der Waals surface area contributed by atoms with Crippen molar-refractivity contribution >= 4 is 0 Å². The van der Waals surface area contributed by atoms with E-state index in [1.165, 1.54) is 0 Å². The summed E-state index contributed by atoms with van der Waals surface area (Å²) in [5.41, 5.74) is 1.67. The molecule has 1 aliphatic heterocycles. The van der Waals surface area contributed by atoms with E-state index in [-0.39, 0.29) is 6.29 Å². The number of benzene rings is 1. The Morgan fingerprint density at radius 1 is 1.20 bits per heavy atom. The molecule has 0 aromatic heterocycles. The Bertz CT molecular complexity index is 445. The first-order valence-electron chi connectivity index (χ1n) is 4.64. The molecule has 0 spiro atoms. The summed E-state index contributed by atoms with van der Waals surface area (Å²) in [6.45, 7) is 1.20. The number of rotatable bonds is 1. The molecule has 0 N–H and O–H groups in total. The van der Waals surface area contributed by atoms with Gasteiger partial charge in [0.1, 0.15) is 0 Å². The van der Waals surface area contributed by atoms with Gasteiger partial charge in [-0.05, 0) is 6.07 Å². The van der Waals surface area contributed by atoms with Crippen LogP contribution in [0.25, 0.3) is 0 Å². The van der Waals surface area contributed by atoms with E-state index in [1.54, 1.807) is 6.07 Å². The molecule has 1 aliphatic rings. The number of nitrogens with zero attached hydrogens (tertiary/aromatic N) is 1. The summed E-state index contributed by atoms with van der Waals surface area (Å²) < 4.78 is 10.8. The summed E-state index contributed by atoms with van der Waals surface area (Å²) in [7, 11) is 0. The van der Waals surface area contributed by atoms with Crippen molar-refractivity contribution in [1.29, 1.82) is 5.26 Å². The van der Waals surface area contributed by atoms with Crippen molar-refractivity contribution in [1.82, 2.24) is 0 Å². The van der Waals surface area contributed by atoms with E-state index >= 15 is 0 Å². The zero-order chi connectivity index (χ0) is 10.5. The topological polar surface area (TPSA) is 42.2 Å². The maximum Gasteiger partial charge on any atom is 0.185 e. The predicted octanol–water partition coefficient (Wildman–Crippen LogP) is 1.61. The third-order valence-corrected chi connectivity index (χ3v) is 2.09. The summed E-state index contributed by atoms with van der Waals surface area (Å²) in [4.78, 5) is 0. The number of hydrogen-bond acceptors (Lipinski definition) is 3. The van der Waals surface area contributed by atoms with Gasteiger partial charge in [0, 0.05) is 17.0 Å². The summed E-state index contributed by atoms with van der Waals surface area (Å²) in [6.07, 6.45) is -0.339. The maximum atomic E-state index is 8.40. The highest BCUT2D eigenvalue weighted by Crippen LogP contribution is 2.25. The van der Waals surface area contributed by atoms with Gasteiger partial charge in [-0.25, -0.2) is 0 Å². The van der Waals surface area contributed by atoms with Crippen LogP contribution in [0, 0.1) is 23.2 Å². The van der Waals surface area contributed by atoms with Gasteiger partial charge in [0.05, 0.1) is 13.2 Å². The zero-order valence-electron chi connectivity index (χ0n) is 8.06. The van der Waals surface area contributed by atoms with Crippen molar-refractivity contribution in [2.24, 2.45) is 0 Å². The van der Waals surface area contributed by atoms with Crippen molar-refractivity contribution in [2.45, 2.75) is 6.29 Å². The van der Waals surface area contributed by atoms with Gasteiger partial charge in [-0.1, -0.05) is 24.1 Å². The number of nitriles is 1. The number of hydrogen-bond donors (Lipinski definition) is 0. The molecule has 15 heavy (non-hydrogen) atoms. The molecular weight excluding hydrogens is 190 g/mol. The molecule has 1 saturated heterocycles. The quantitative estimate of drug-likeness (QED) is 0.645. The van der Waals surface area contributed by atoms with Crippen molar-refractivity contribution in [3.63, 3.8) is 0 Å². The molecule has 0 saturated carbocycles. The molecule has 2 rings (SSSR count). The van der Waals surface area contributed by atoms with Gasteiger partial charge >= 0.3 is 0 Å². The molecule has 0 amide bonds. The molecule has 1 aromatic carbocycles. The Kier molecular flexibility index (Phi) is 2.99. The zero-order valence-corrected chi connectivity index (χ0v) is 8.06. The SMILES string of the molecule is N#CC#Cc1ccccc1C1OCCO1. The Hall–Kier alpha value is -1.81. The minimum Gasteiger partial charge on any atom is -0.346 e. The van der Waals surface area contributed by atoms with Gasteiger partial charge < -0.3 is 9.47 Å². The van der Waals surface area contributed by atoms with Gasteiger partial charge in [-0.3, -0.25) is 0 Å². The highest BCUT2D eigenvalue weighted by Gasteiger charge is 2.20. The summed E-state index contributed by atoms with van der Waals surface area (Å²) >= 11 is 0. The lowest BCUT2D eigenvalue weighted by molar-refractivity contribution is -0.0442. The normalized spacial score (nSPS) is 15.4. The van der Waals surface area contributed by atoms with Crippen LogP contribution in [0.1, 0.15) is 17.4 Å². The fourth-order valence-electron chi connectivity index (χ4n) is 1.45. The van der Waals surface area contributed by atoms with Gasteiger partial charge in [0.25, 0.3) is 0 Å². The molecule has 3 heteroatoms. The van der Waals surface area contributed by atoms with Crippen molar-refractivity contribution in [3.8, 4) is 17.9 Å². The second-order valence-electron chi connectivity index (χ2n) is 3.02. The van der Waals surface area contributed by atoms with Crippen molar-refractivity contribution in [3.05, 3.63) is 35.4 Å². The van der Waals surface area contributed by atoms with Crippen molar-refractivity contribution in [2.75, 3.05) is 13.2 Å². The van der Waals surface area contributed by atoms with Crippen LogP contribution in [0.4, 0.5) is 0 Å². The van der Waals surface area contributed by atoms with Crippen molar-refractivity contribution < 1.29 is 9.47 Å². The average Bonchev–Trinajstić information content (AvgIpc) is 2.80. The summed E-state index contributed by atoms with van der Waals surface area (Å²) in [5, 5.41) is 8.40. The predicted molar refractivity (Wildman–Crippen MR) is 53.6 cm³/mol. The van der Waals surface area contributed by atoms with Crippen LogP contribution in [0.15, 0.2) is 24.3 Å². The highest BCUT2D eigenvalue weighted by atomic mass is 16.7. The lowest BCUT2D eigenvalue weighted by Crippen LogP contribution is -2.00. The van der Waals surface area contributed by atoms with E-state index in [0.717, 1.165) is 11.1 Å². The Morgan fingerprint density at radius 3 is 2.67 bits per heavy atom. The molecule has 0 unspecified atom stereocenters. The van der Waals surface area contributed by atoms with Gasteiger partial charge in [-0.15, -0.1) is 0 Å². The van der Waals surface area contributed by atoms with Crippen LogP contribution >= 0.6 is 0 Å². The maximum absolute atomic E-state index is 8.40. The Morgan fingerprint density at radius 2 is 1.93 bits per heavy atom. The largest absolute Gasteiger partial charge is 0.346 e. The summed E-state index contributed by atoms with van der Waals surface area (Å²) in [5.74, 6) is 5.14. The fraction of sp³-hybridized carbons (Fsp3) is 0.250. The van der Waals surface area contributed by atoms with Crippen LogP contribution in [0.2, 0.25) is 0 Å². The molecule has 1 aromatic rings. The molecule has 1 fully saturated rings. The van der Waals surface area contributed by atoms with Crippen LogP contribution < -0.4 is 0 Å². The second kappa shape index (κ2) is 4.61. The highest BCUT2D eigenvalue weighted by molar-refractivity contribution is 5.44. The first-order valence-corrected chi connectivity index (χ1v) is 4.64. The van der Waals surface area contributed by atoms with Gasteiger partial charge in [-0.2, -0.15) is 5.26 Å². The lowest BCUT2D eigenvalue weighted by atomic mass is 10.1. The van der Waals surface area contributed by atoms with E-state index < -0.39 is 0 Å². The Balaban J connectivity index is 2.33. The molecule has 1 heterocycles. The van der Waals surface area contributed by atoms with E-state index in [9.17, 15) is 0 Å². The molecular formula is C12H9NO2. The molecule has 0 radical (unpaired) electrons. The molecule has 0 aliphatic carbocycles. The van der Waals surface area contributed by atoms with Crippen LogP contribution in [-0.2, 0) is 9.47 Å². The standard InChI is InChI=1S/C12H9NO2/c13-7-3-5-10-4-1-2-6-11(10)12-14-8-9-15-12/h1-2,4,6,12H,8-9H2. The smallest absolute Gasteiger partial charge is 0.185 e. The average molecular weight is 199 g/mol. The fourth-order valence-corrected chi connectivity index (χ4v) is 1.45. The van der Waals surface area contributed by atoms with Crippen LogP contribution in [-0.4, -0.2) is 13.2 Å². The van der Waals surface area contributed by atoms with E-state index in [0.29, 0.717) is 13.2 Å². The minimum atomic E-state index is -0.339. The van der Waals surface area contributed by atoms with E-state index in [2.05, 4.69) is 11.8 Å². The third-order valence-electron chi connectivity index (χ3n) is 2.09. The van der Waals surface area contributed by atoms with Crippen LogP contribution in [0.5, 0.6) is 0 Å². The first kappa shape index (κ1) is 9.73. The van der Waals surface area contributed by atoms with Gasteiger partial charge in [0.15, 0.2) is 12.4 Å². The van der Waals surface area contributed by atoms with Gasteiger partial charge in [0.2, 0.25) is 0 Å². The second-order valence-corrected chi connectivity index (χ2v) is 3.02. The Labute approximate surface area is 88.2 Å². The van der Waals surface area contributed by atoms with Crippen LogP contribution in [0.3, 0.4) is 0 Å². The molecule has 74 valence electrons. The minimum absolute atomic E-state index is 0.339. The number of ether oxygens (including phenoxy) is 2. The molecule has 0 bridgehead atoms. The summed E-state index contributed by atoms with van der Waals surface area (Å²) in [6, 6.07) is 9.32. The molecule has 0 atom stereocenters. The van der Waals surface area contributed by atoms with E-state index in [4.69, 9.17) is 14.7 Å².